The highest BCUT2D eigenvalue weighted by Gasteiger charge is 2.21. The van der Waals surface area contributed by atoms with E-state index in [1.54, 1.807) is 30.4 Å². The Morgan fingerprint density at radius 1 is 1.47 bits per heavy atom. The highest BCUT2D eigenvalue weighted by Crippen LogP contribution is 2.29. The van der Waals surface area contributed by atoms with Gasteiger partial charge >= 0.3 is 0 Å². The van der Waals surface area contributed by atoms with E-state index in [1.165, 1.54) is 0 Å². The van der Waals surface area contributed by atoms with Crippen molar-refractivity contribution >= 4 is 15.9 Å². The number of ether oxygens (including phenoxy) is 1. The van der Waals surface area contributed by atoms with Gasteiger partial charge in [-0.3, -0.25) is 9.67 Å². The first kappa shape index (κ1) is 14.2. The van der Waals surface area contributed by atoms with Crippen molar-refractivity contribution < 1.29 is 9.84 Å². The normalized spacial score (nSPS) is 12.6. The molecule has 0 aliphatic rings. The summed E-state index contributed by atoms with van der Waals surface area (Å²) in [5, 5.41) is 14.8. The van der Waals surface area contributed by atoms with Crippen molar-refractivity contribution in [1.29, 1.82) is 0 Å². The van der Waals surface area contributed by atoms with Gasteiger partial charge in [-0.15, -0.1) is 0 Å². The van der Waals surface area contributed by atoms with E-state index in [-0.39, 0.29) is 0 Å². The Kier molecular flexibility index (Phi) is 4.68. The topological polar surface area (TPSA) is 60.2 Å². The molecule has 2 rings (SSSR count). The number of aromatic nitrogens is 3. The second-order valence-electron chi connectivity index (χ2n) is 4.23. The molecule has 0 radical (unpaired) electrons. The second-order valence-corrected chi connectivity index (χ2v) is 5.08. The van der Waals surface area contributed by atoms with E-state index in [0.717, 1.165) is 15.6 Å². The lowest BCUT2D eigenvalue weighted by molar-refractivity contribution is 0.170. The Labute approximate surface area is 120 Å². The third kappa shape index (κ3) is 3.02. The van der Waals surface area contributed by atoms with E-state index in [1.807, 2.05) is 13.0 Å². The lowest BCUT2D eigenvalue weighted by Gasteiger charge is -2.16. The largest absolute Gasteiger partial charge is 0.383 e. The first-order valence-corrected chi connectivity index (χ1v) is 6.73. The molecule has 0 aliphatic heterocycles. The molecule has 1 atom stereocenters. The predicted octanol–water partition coefficient (Wildman–Crippen LogP) is 2.08. The second kappa shape index (κ2) is 6.27. The van der Waals surface area contributed by atoms with Gasteiger partial charge in [0.1, 0.15) is 6.10 Å². The van der Waals surface area contributed by atoms with Crippen LogP contribution in [0.5, 0.6) is 0 Å². The summed E-state index contributed by atoms with van der Waals surface area (Å²) < 4.78 is 7.57. The lowest BCUT2D eigenvalue weighted by atomic mass is 10.0. The van der Waals surface area contributed by atoms with Crippen LogP contribution in [0.1, 0.15) is 22.9 Å². The number of hydrogen-bond acceptors (Lipinski definition) is 4. The van der Waals surface area contributed by atoms with Crippen LogP contribution in [0, 0.1) is 6.92 Å². The summed E-state index contributed by atoms with van der Waals surface area (Å²) in [7, 11) is 1.64. The molecule has 5 nitrogen and oxygen atoms in total. The van der Waals surface area contributed by atoms with E-state index >= 15 is 0 Å². The zero-order valence-electron chi connectivity index (χ0n) is 10.9. The third-order valence-corrected chi connectivity index (χ3v) is 3.58. The maximum Gasteiger partial charge on any atom is 0.124 e. The van der Waals surface area contributed by atoms with Crippen LogP contribution in [0.15, 0.2) is 29.1 Å². The van der Waals surface area contributed by atoms with Crippen molar-refractivity contribution in [3.8, 4) is 0 Å². The van der Waals surface area contributed by atoms with E-state index < -0.39 is 6.10 Å². The molecule has 1 unspecified atom stereocenters. The molecule has 0 bridgehead atoms. The van der Waals surface area contributed by atoms with Gasteiger partial charge in [0.25, 0.3) is 0 Å². The van der Waals surface area contributed by atoms with Crippen molar-refractivity contribution in [2.24, 2.45) is 0 Å². The molecule has 102 valence electrons. The molecule has 6 heteroatoms. The van der Waals surface area contributed by atoms with Gasteiger partial charge in [-0.25, -0.2) is 0 Å². The molecular weight excluding hydrogens is 310 g/mol. The molecule has 0 saturated carbocycles. The van der Waals surface area contributed by atoms with Crippen LogP contribution in [0.25, 0.3) is 0 Å². The predicted molar refractivity (Wildman–Crippen MR) is 74.8 cm³/mol. The summed E-state index contributed by atoms with van der Waals surface area (Å²) >= 11 is 3.43. The van der Waals surface area contributed by atoms with Gasteiger partial charge < -0.3 is 9.84 Å². The molecule has 19 heavy (non-hydrogen) atoms. The molecule has 2 aromatic heterocycles. The molecule has 0 spiro atoms. The Morgan fingerprint density at radius 2 is 2.26 bits per heavy atom. The van der Waals surface area contributed by atoms with E-state index in [4.69, 9.17) is 4.74 Å². The zero-order chi connectivity index (χ0) is 13.8. The third-order valence-electron chi connectivity index (χ3n) is 2.97. The number of aliphatic hydroxyl groups excluding tert-OH is 1. The average molecular weight is 326 g/mol. The minimum absolute atomic E-state index is 0.542. The monoisotopic (exact) mass is 325 g/mol. The minimum Gasteiger partial charge on any atom is -0.383 e. The summed E-state index contributed by atoms with van der Waals surface area (Å²) in [6.07, 6.45) is 4.31. The van der Waals surface area contributed by atoms with E-state index in [9.17, 15) is 5.11 Å². The Morgan fingerprint density at radius 3 is 2.95 bits per heavy atom. The van der Waals surface area contributed by atoms with Crippen LogP contribution in [0.4, 0.5) is 0 Å². The zero-order valence-corrected chi connectivity index (χ0v) is 12.5. The fourth-order valence-electron chi connectivity index (χ4n) is 1.91. The molecule has 0 fully saturated rings. The fourth-order valence-corrected chi connectivity index (χ4v) is 2.42. The Hall–Kier alpha value is -1.24. The number of nitrogens with zero attached hydrogens (tertiary/aromatic N) is 3. The Balaban J connectivity index is 2.35. The van der Waals surface area contributed by atoms with Gasteiger partial charge in [0.2, 0.25) is 0 Å². The van der Waals surface area contributed by atoms with Crippen molar-refractivity contribution in [2.75, 3.05) is 13.7 Å². The molecule has 0 amide bonds. The molecular formula is C13H16BrN3O2. The van der Waals surface area contributed by atoms with Gasteiger partial charge in [-0.1, -0.05) is 0 Å². The number of rotatable bonds is 5. The SMILES string of the molecule is COCCn1ncc(Br)c1C(O)c1cnccc1C. The summed E-state index contributed by atoms with van der Waals surface area (Å²) in [4.78, 5) is 4.07. The molecule has 0 aromatic carbocycles. The van der Waals surface area contributed by atoms with E-state index in [0.29, 0.717) is 18.8 Å². The van der Waals surface area contributed by atoms with Gasteiger partial charge in [-0.2, -0.15) is 5.10 Å². The fraction of sp³-hybridized carbons (Fsp3) is 0.385. The average Bonchev–Trinajstić information content (AvgIpc) is 2.77. The van der Waals surface area contributed by atoms with Crippen molar-refractivity contribution in [3.05, 3.63) is 46.0 Å². The quantitative estimate of drug-likeness (QED) is 0.914. The van der Waals surface area contributed by atoms with Gasteiger partial charge in [-0.05, 0) is 34.5 Å². The number of hydrogen-bond donors (Lipinski definition) is 1. The number of pyridine rings is 1. The Bertz CT molecular complexity index is 557. The first-order valence-electron chi connectivity index (χ1n) is 5.94. The van der Waals surface area contributed by atoms with Crippen molar-refractivity contribution in [2.45, 2.75) is 19.6 Å². The molecule has 0 aliphatic carbocycles. The van der Waals surface area contributed by atoms with Gasteiger partial charge in [0, 0.05) is 25.1 Å². The highest BCUT2D eigenvalue weighted by molar-refractivity contribution is 9.10. The number of methoxy groups -OCH3 is 1. The smallest absolute Gasteiger partial charge is 0.124 e. The van der Waals surface area contributed by atoms with Crippen LogP contribution < -0.4 is 0 Å². The van der Waals surface area contributed by atoms with E-state index in [2.05, 4.69) is 26.0 Å². The van der Waals surface area contributed by atoms with Crippen LogP contribution in [-0.2, 0) is 11.3 Å². The summed E-state index contributed by atoms with van der Waals surface area (Å²) in [6.45, 7) is 3.08. The summed E-state index contributed by atoms with van der Waals surface area (Å²) in [5.41, 5.74) is 2.49. The van der Waals surface area contributed by atoms with Crippen LogP contribution in [0.2, 0.25) is 0 Å². The lowest BCUT2D eigenvalue weighted by Crippen LogP contribution is -2.14. The van der Waals surface area contributed by atoms with Crippen LogP contribution >= 0.6 is 15.9 Å². The van der Waals surface area contributed by atoms with Crippen molar-refractivity contribution in [3.63, 3.8) is 0 Å². The molecule has 1 N–H and O–H groups in total. The summed E-state index contributed by atoms with van der Waals surface area (Å²) in [6, 6.07) is 1.88. The number of aliphatic hydroxyl groups is 1. The highest BCUT2D eigenvalue weighted by atomic mass is 79.9. The first-order chi connectivity index (χ1) is 9.15. The van der Waals surface area contributed by atoms with Crippen molar-refractivity contribution in [1.82, 2.24) is 14.8 Å². The maximum atomic E-state index is 10.6. The van der Waals surface area contributed by atoms with Crippen LogP contribution in [-0.4, -0.2) is 33.6 Å². The standard InChI is InChI=1S/C13H16BrN3O2/c1-9-3-4-15-7-10(9)13(18)12-11(14)8-16-17(12)5-6-19-2/h3-4,7-8,13,18H,5-6H2,1-2H3. The molecule has 2 heterocycles. The van der Waals surface area contributed by atoms with Gasteiger partial charge in [0.15, 0.2) is 0 Å². The maximum absolute atomic E-state index is 10.6. The summed E-state index contributed by atoms with van der Waals surface area (Å²) in [5.74, 6) is 0. The minimum atomic E-state index is -0.762. The molecule has 2 aromatic rings. The van der Waals surface area contributed by atoms with Gasteiger partial charge in [0.05, 0.1) is 29.5 Å². The molecule has 0 saturated heterocycles. The number of aryl methyl sites for hydroxylation is 1. The van der Waals surface area contributed by atoms with Crippen LogP contribution in [0.3, 0.4) is 0 Å². The number of halogens is 1.